The Bertz CT molecular complexity index is 927. The number of aromatic nitrogens is 3. The van der Waals surface area contributed by atoms with Crippen LogP contribution in [0.2, 0.25) is 0 Å². The molecule has 0 bridgehead atoms. The van der Waals surface area contributed by atoms with Crippen LogP contribution in [0.4, 0.5) is 5.82 Å². The molecule has 2 aromatic rings. The highest BCUT2D eigenvalue weighted by atomic mass is 16.2. The molecule has 4 rings (SSSR count). The molecular formula is C23H30N6O2. The van der Waals surface area contributed by atoms with E-state index in [0.717, 1.165) is 49.3 Å². The van der Waals surface area contributed by atoms with Crippen molar-refractivity contribution in [2.75, 3.05) is 38.5 Å². The Morgan fingerprint density at radius 1 is 1.10 bits per heavy atom. The number of anilines is 1. The lowest BCUT2D eigenvalue weighted by molar-refractivity contribution is -0.141. The van der Waals surface area contributed by atoms with Crippen LogP contribution in [0.25, 0.3) is 11.4 Å². The number of carbonyl (C=O) groups is 2. The fourth-order valence-electron chi connectivity index (χ4n) is 4.55. The van der Waals surface area contributed by atoms with E-state index in [4.69, 9.17) is 4.98 Å². The van der Waals surface area contributed by atoms with Crippen LogP contribution in [0.5, 0.6) is 0 Å². The summed E-state index contributed by atoms with van der Waals surface area (Å²) in [6.45, 7) is 4.42. The van der Waals surface area contributed by atoms with Crippen molar-refractivity contribution in [2.24, 2.45) is 5.92 Å². The molecule has 0 spiro atoms. The van der Waals surface area contributed by atoms with Gasteiger partial charge >= 0.3 is 0 Å². The minimum absolute atomic E-state index is 0.0126. The first-order valence-electron chi connectivity index (χ1n) is 11.1. The highest BCUT2D eigenvalue weighted by Gasteiger charge is 2.33. The lowest BCUT2D eigenvalue weighted by atomic mass is 9.90. The molecule has 0 unspecified atom stereocenters. The second-order valence-corrected chi connectivity index (χ2v) is 8.40. The van der Waals surface area contributed by atoms with Gasteiger partial charge in [-0.3, -0.25) is 14.6 Å². The number of pyridine rings is 1. The number of rotatable bonds is 4. The standard InChI is InChI=1S/C23H30N6O2/c1-16(30)28-11-7-17(8-12-28)23(31)29-10-4-6-19(15-29)20-13-21(24-2)27-22(26-20)18-5-3-9-25-14-18/h3,5,9,13-14,17,19H,4,6-8,10-12,15H2,1-2H3,(H,24,26,27)/t19-/m1/s1. The summed E-state index contributed by atoms with van der Waals surface area (Å²) in [6, 6.07) is 5.82. The Balaban J connectivity index is 1.48. The molecule has 1 atom stereocenters. The highest BCUT2D eigenvalue weighted by molar-refractivity contribution is 5.80. The Morgan fingerprint density at radius 2 is 1.90 bits per heavy atom. The van der Waals surface area contributed by atoms with Gasteiger partial charge in [-0.15, -0.1) is 0 Å². The van der Waals surface area contributed by atoms with Gasteiger partial charge < -0.3 is 15.1 Å². The Kier molecular flexibility index (Phi) is 6.44. The molecule has 0 aromatic carbocycles. The van der Waals surface area contributed by atoms with Crippen LogP contribution in [0.3, 0.4) is 0 Å². The number of amides is 2. The largest absolute Gasteiger partial charge is 0.373 e. The van der Waals surface area contributed by atoms with Gasteiger partial charge in [0.05, 0.1) is 5.69 Å². The monoisotopic (exact) mass is 422 g/mol. The fourth-order valence-corrected chi connectivity index (χ4v) is 4.55. The minimum Gasteiger partial charge on any atom is -0.373 e. The molecule has 2 aromatic heterocycles. The molecule has 8 nitrogen and oxygen atoms in total. The van der Waals surface area contributed by atoms with Gasteiger partial charge in [0.2, 0.25) is 11.8 Å². The molecule has 4 heterocycles. The van der Waals surface area contributed by atoms with E-state index in [9.17, 15) is 9.59 Å². The van der Waals surface area contributed by atoms with Gasteiger partial charge in [-0.05, 0) is 37.8 Å². The molecule has 2 aliphatic heterocycles. The number of carbonyl (C=O) groups excluding carboxylic acids is 2. The third kappa shape index (κ3) is 4.84. The predicted octanol–water partition coefficient (Wildman–Crippen LogP) is 2.54. The number of likely N-dealkylation sites (tertiary alicyclic amines) is 2. The third-order valence-corrected chi connectivity index (χ3v) is 6.36. The summed E-state index contributed by atoms with van der Waals surface area (Å²) in [5, 5.41) is 3.13. The van der Waals surface area contributed by atoms with Gasteiger partial charge in [0.15, 0.2) is 5.82 Å². The Morgan fingerprint density at radius 3 is 2.58 bits per heavy atom. The molecule has 2 amide bonds. The minimum atomic E-state index is 0.0126. The van der Waals surface area contributed by atoms with Crippen molar-refractivity contribution in [3.63, 3.8) is 0 Å². The van der Waals surface area contributed by atoms with Crippen LogP contribution >= 0.6 is 0 Å². The summed E-state index contributed by atoms with van der Waals surface area (Å²) in [5.41, 5.74) is 1.84. The van der Waals surface area contributed by atoms with E-state index < -0.39 is 0 Å². The van der Waals surface area contributed by atoms with Crippen molar-refractivity contribution in [1.29, 1.82) is 0 Å². The maximum atomic E-state index is 13.2. The van der Waals surface area contributed by atoms with E-state index in [1.54, 1.807) is 19.3 Å². The molecule has 0 radical (unpaired) electrons. The van der Waals surface area contributed by atoms with Crippen LogP contribution in [-0.4, -0.2) is 69.8 Å². The molecule has 31 heavy (non-hydrogen) atoms. The van der Waals surface area contributed by atoms with Gasteiger partial charge in [0.1, 0.15) is 5.82 Å². The zero-order valence-electron chi connectivity index (χ0n) is 18.3. The van der Waals surface area contributed by atoms with E-state index in [2.05, 4.69) is 15.3 Å². The summed E-state index contributed by atoms with van der Waals surface area (Å²) < 4.78 is 0. The molecule has 2 aliphatic rings. The Labute approximate surface area is 183 Å². The molecular weight excluding hydrogens is 392 g/mol. The second kappa shape index (κ2) is 9.41. The summed E-state index contributed by atoms with van der Waals surface area (Å²) in [6.07, 6.45) is 6.97. The van der Waals surface area contributed by atoms with Crippen LogP contribution in [-0.2, 0) is 9.59 Å². The summed E-state index contributed by atoms with van der Waals surface area (Å²) in [4.78, 5) is 42.2. The van der Waals surface area contributed by atoms with Gasteiger partial charge in [-0.1, -0.05) is 0 Å². The fraction of sp³-hybridized carbons (Fsp3) is 0.522. The normalized spacial score (nSPS) is 19.9. The molecule has 0 saturated carbocycles. The number of piperidine rings is 2. The van der Waals surface area contributed by atoms with E-state index in [1.807, 2.05) is 35.0 Å². The van der Waals surface area contributed by atoms with E-state index in [0.29, 0.717) is 25.5 Å². The van der Waals surface area contributed by atoms with Crippen LogP contribution in [0.1, 0.15) is 44.2 Å². The lowest BCUT2D eigenvalue weighted by Gasteiger charge is -2.37. The first-order valence-corrected chi connectivity index (χ1v) is 11.1. The van der Waals surface area contributed by atoms with Crippen LogP contribution in [0.15, 0.2) is 30.6 Å². The zero-order chi connectivity index (χ0) is 21.8. The summed E-state index contributed by atoms with van der Waals surface area (Å²) in [7, 11) is 1.85. The number of hydrogen-bond donors (Lipinski definition) is 1. The SMILES string of the molecule is CNc1cc([C@@H]2CCCN(C(=O)C3CCN(C(C)=O)CC3)C2)nc(-c2cccnc2)n1. The summed E-state index contributed by atoms with van der Waals surface area (Å²) in [5.74, 6) is 1.93. The van der Waals surface area contributed by atoms with Crippen molar-refractivity contribution in [2.45, 2.75) is 38.5 Å². The van der Waals surface area contributed by atoms with E-state index in [-0.39, 0.29) is 23.7 Å². The molecule has 8 heteroatoms. The molecule has 1 N–H and O–H groups in total. The van der Waals surface area contributed by atoms with Gasteiger partial charge in [0, 0.05) is 76.0 Å². The average molecular weight is 423 g/mol. The molecule has 0 aliphatic carbocycles. The van der Waals surface area contributed by atoms with Crippen molar-refractivity contribution in [3.05, 3.63) is 36.3 Å². The predicted molar refractivity (Wildman–Crippen MR) is 118 cm³/mol. The smallest absolute Gasteiger partial charge is 0.225 e. The van der Waals surface area contributed by atoms with E-state index >= 15 is 0 Å². The Hall–Kier alpha value is -3.03. The third-order valence-electron chi connectivity index (χ3n) is 6.36. The van der Waals surface area contributed by atoms with Crippen molar-refractivity contribution in [3.8, 4) is 11.4 Å². The highest BCUT2D eigenvalue weighted by Crippen LogP contribution is 2.30. The molecule has 2 saturated heterocycles. The molecule has 2 fully saturated rings. The van der Waals surface area contributed by atoms with Crippen LogP contribution in [0, 0.1) is 5.92 Å². The number of nitrogens with one attached hydrogen (secondary N) is 1. The first kappa shape index (κ1) is 21.2. The number of hydrogen-bond acceptors (Lipinski definition) is 6. The average Bonchev–Trinajstić information content (AvgIpc) is 2.84. The second-order valence-electron chi connectivity index (χ2n) is 8.40. The molecule has 164 valence electrons. The topological polar surface area (TPSA) is 91.3 Å². The summed E-state index contributed by atoms with van der Waals surface area (Å²) >= 11 is 0. The maximum Gasteiger partial charge on any atom is 0.225 e. The first-order chi connectivity index (χ1) is 15.0. The van der Waals surface area contributed by atoms with Crippen molar-refractivity contribution in [1.82, 2.24) is 24.8 Å². The number of nitrogens with zero attached hydrogens (tertiary/aromatic N) is 5. The van der Waals surface area contributed by atoms with Crippen LogP contribution < -0.4 is 5.32 Å². The lowest BCUT2D eigenvalue weighted by Crippen LogP contribution is -2.46. The van der Waals surface area contributed by atoms with Gasteiger partial charge in [-0.2, -0.15) is 0 Å². The van der Waals surface area contributed by atoms with Crippen molar-refractivity contribution >= 4 is 17.6 Å². The maximum absolute atomic E-state index is 13.2. The van der Waals surface area contributed by atoms with Gasteiger partial charge in [0.25, 0.3) is 0 Å². The van der Waals surface area contributed by atoms with E-state index in [1.165, 1.54) is 0 Å². The zero-order valence-corrected chi connectivity index (χ0v) is 18.3. The quantitative estimate of drug-likeness (QED) is 0.814. The van der Waals surface area contributed by atoms with Gasteiger partial charge in [-0.25, -0.2) is 9.97 Å². The van der Waals surface area contributed by atoms with Crippen molar-refractivity contribution < 1.29 is 9.59 Å².